The van der Waals surface area contributed by atoms with Gasteiger partial charge in [-0.2, -0.15) is 0 Å². The molecule has 3 rings (SSSR count). The van der Waals surface area contributed by atoms with Gasteiger partial charge in [-0.25, -0.2) is 0 Å². The number of rotatable bonds is 3. The number of carbonyl (C=O) groups is 1. The van der Waals surface area contributed by atoms with Gasteiger partial charge in [-0.1, -0.05) is 24.3 Å². The maximum atomic E-state index is 12.3. The lowest BCUT2D eigenvalue weighted by Crippen LogP contribution is -2.37. The molecule has 0 bridgehead atoms. The summed E-state index contributed by atoms with van der Waals surface area (Å²) in [5.74, 6) is 0.679. The molecule has 1 heterocycles. The van der Waals surface area contributed by atoms with E-state index in [1.807, 2.05) is 35.2 Å². The number of benzene rings is 2. The summed E-state index contributed by atoms with van der Waals surface area (Å²) in [6, 6.07) is 16.0. The van der Waals surface area contributed by atoms with E-state index in [0.717, 1.165) is 30.1 Å². The lowest BCUT2D eigenvalue weighted by Gasteiger charge is -2.28. The smallest absolute Gasteiger partial charge is 0.233 e. The molecule has 1 aliphatic rings. The van der Waals surface area contributed by atoms with Crippen LogP contribution in [0.5, 0.6) is 0 Å². The number of anilines is 1. The van der Waals surface area contributed by atoms with Gasteiger partial charge < -0.3 is 10.6 Å². The van der Waals surface area contributed by atoms with Gasteiger partial charge in [-0.3, -0.25) is 4.79 Å². The molecule has 2 aromatic carbocycles. The van der Waals surface area contributed by atoms with Crippen molar-refractivity contribution in [3.63, 3.8) is 0 Å². The Morgan fingerprint density at radius 2 is 1.81 bits per heavy atom. The SMILES string of the molecule is Nc1ccc(SCC(=O)N2CCc3ccccc3C2)cc1. The lowest BCUT2D eigenvalue weighted by molar-refractivity contribution is -0.129. The molecule has 1 aliphatic heterocycles. The number of hydrogen-bond donors (Lipinski definition) is 1. The normalized spacial score (nSPS) is 13.8. The van der Waals surface area contributed by atoms with Crippen LogP contribution in [0.15, 0.2) is 53.4 Å². The first kappa shape index (κ1) is 14.0. The van der Waals surface area contributed by atoms with Crippen LogP contribution in [-0.2, 0) is 17.8 Å². The average molecular weight is 298 g/mol. The van der Waals surface area contributed by atoms with Gasteiger partial charge in [0.1, 0.15) is 0 Å². The van der Waals surface area contributed by atoms with Crippen molar-refractivity contribution >= 4 is 23.4 Å². The Hall–Kier alpha value is -1.94. The molecule has 2 aromatic rings. The van der Waals surface area contributed by atoms with Crippen LogP contribution in [0.25, 0.3) is 0 Å². The molecular formula is C17H18N2OS. The Morgan fingerprint density at radius 3 is 2.57 bits per heavy atom. The zero-order chi connectivity index (χ0) is 14.7. The molecule has 0 radical (unpaired) electrons. The maximum absolute atomic E-state index is 12.3. The molecule has 0 saturated heterocycles. The third kappa shape index (κ3) is 3.39. The molecule has 0 aromatic heterocycles. The van der Waals surface area contributed by atoms with E-state index in [1.54, 1.807) is 11.8 Å². The van der Waals surface area contributed by atoms with Gasteiger partial charge >= 0.3 is 0 Å². The maximum Gasteiger partial charge on any atom is 0.233 e. The van der Waals surface area contributed by atoms with Crippen LogP contribution in [-0.4, -0.2) is 23.1 Å². The number of fused-ring (bicyclic) bond motifs is 1. The predicted octanol–water partition coefficient (Wildman–Crippen LogP) is 2.95. The zero-order valence-corrected chi connectivity index (χ0v) is 12.6. The first-order valence-corrected chi connectivity index (χ1v) is 8.04. The van der Waals surface area contributed by atoms with Crippen molar-refractivity contribution in [1.82, 2.24) is 4.90 Å². The highest BCUT2D eigenvalue weighted by Crippen LogP contribution is 2.22. The highest BCUT2D eigenvalue weighted by Gasteiger charge is 2.20. The van der Waals surface area contributed by atoms with E-state index in [9.17, 15) is 4.79 Å². The van der Waals surface area contributed by atoms with Crippen LogP contribution in [0.4, 0.5) is 5.69 Å². The standard InChI is InChI=1S/C17H18N2OS/c18-15-5-7-16(8-6-15)21-12-17(20)19-10-9-13-3-1-2-4-14(13)11-19/h1-8H,9-12,18H2. The quantitative estimate of drug-likeness (QED) is 0.700. The summed E-state index contributed by atoms with van der Waals surface area (Å²) in [6.07, 6.45) is 0.953. The number of hydrogen-bond acceptors (Lipinski definition) is 3. The number of amides is 1. The van der Waals surface area contributed by atoms with Crippen molar-refractivity contribution in [1.29, 1.82) is 0 Å². The third-order valence-corrected chi connectivity index (χ3v) is 4.72. The molecule has 0 aliphatic carbocycles. The highest BCUT2D eigenvalue weighted by molar-refractivity contribution is 8.00. The zero-order valence-electron chi connectivity index (χ0n) is 11.8. The number of thioether (sulfide) groups is 1. The summed E-state index contributed by atoms with van der Waals surface area (Å²) in [7, 11) is 0. The van der Waals surface area contributed by atoms with E-state index in [1.165, 1.54) is 11.1 Å². The van der Waals surface area contributed by atoms with Crippen LogP contribution in [0.3, 0.4) is 0 Å². The van der Waals surface area contributed by atoms with E-state index in [-0.39, 0.29) is 5.91 Å². The molecule has 0 saturated carbocycles. The minimum atomic E-state index is 0.200. The van der Waals surface area contributed by atoms with Crippen molar-refractivity contribution in [3.8, 4) is 0 Å². The summed E-state index contributed by atoms with van der Waals surface area (Å²) in [6.45, 7) is 1.55. The highest BCUT2D eigenvalue weighted by atomic mass is 32.2. The Labute approximate surface area is 129 Å². The van der Waals surface area contributed by atoms with Gasteiger partial charge in [0, 0.05) is 23.7 Å². The van der Waals surface area contributed by atoms with Crippen molar-refractivity contribution in [2.24, 2.45) is 0 Å². The average Bonchev–Trinajstić information content (AvgIpc) is 2.53. The first-order chi connectivity index (χ1) is 10.2. The van der Waals surface area contributed by atoms with E-state index in [4.69, 9.17) is 5.73 Å². The number of nitrogens with zero attached hydrogens (tertiary/aromatic N) is 1. The first-order valence-electron chi connectivity index (χ1n) is 7.05. The van der Waals surface area contributed by atoms with E-state index in [2.05, 4.69) is 18.2 Å². The molecule has 2 N–H and O–H groups in total. The minimum absolute atomic E-state index is 0.200. The second kappa shape index (κ2) is 6.22. The summed E-state index contributed by atoms with van der Waals surface area (Å²) in [5, 5.41) is 0. The summed E-state index contributed by atoms with van der Waals surface area (Å²) in [5.41, 5.74) is 9.05. The fourth-order valence-electron chi connectivity index (χ4n) is 2.51. The minimum Gasteiger partial charge on any atom is -0.399 e. The van der Waals surface area contributed by atoms with Gasteiger partial charge in [0.15, 0.2) is 0 Å². The molecule has 3 nitrogen and oxygen atoms in total. The summed E-state index contributed by atoms with van der Waals surface area (Å²) < 4.78 is 0. The molecule has 0 unspecified atom stereocenters. The van der Waals surface area contributed by atoms with E-state index >= 15 is 0 Å². The topological polar surface area (TPSA) is 46.3 Å². The van der Waals surface area contributed by atoms with Crippen molar-refractivity contribution < 1.29 is 4.79 Å². The Bertz CT molecular complexity index is 639. The lowest BCUT2D eigenvalue weighted by atomic mass is 10.00. The summed E-state index contributed by atoms with van der Waals surface area (Å²) in [4.78, 5) is 15.4. The second-order valence-corrected chi connectivity index (χ2v) is 6.24. The van der Waals surface area contributed by atoms with Crippen LogP contribution in [0, 0.1) is 0 Å². The van der Waals surface area contributed by atoms with E-state index in [0.29, 0.717) is 5.75 Å². The molecule has 0 spiro atoms. The van der Waals surface area contributed by atoms with Gasteiger partial charge in [0.2, 0.25) is 5.91 Å². The van der Waals surface area contributed by atoms with Gasteiger partial charge in [0.05, 0.1) is 5.75 Å². The molecule has 108 valence electrons. The molecule has 4 heteroatoms. The fraction of sp³-hybridized carbons (Fsp3) is 0.235. The van der Waals surface area contributed by atoms with Crippen molar-refractivity contribution in [3.05, 3.63) is 59.7 Å². The predicted molar refractivity (Wildman–Crippen MR) is 87.1 cm³/mol. The monoisotopic (exact) mass is 298 g/mol. The Kier molecular flexibility index (Phi) is 4.15. The van der Waals surface area contributed by atoms with E-state index < -0.39 is 0 Å². The number of carbonyl (C=O) groups excluding carboxylic acids is 1. The van der Waals surface area contributed by atoms with Crippen LogP contribution in [0.1, 0.15) is 11.1 Å². The number of nitrogen functional groups attached to an aromatic ring is 1. The molecule has 1 amide bonds. The van der Waals surface area contributed by atoms with Crippen LogP contribution in [0.2, 0.25) is 0 Å². The van der Waals surface area contributed by atoms with Crippen molar-refractivity contribution in [2.45, 2.75) is 17.9 Å². The molecule has 21 heavy (non-hydrogen) atoms. The molecule has 0 fully saturated rings. The Balaban J connectivity index is 1.58. The van der Waals surface area contributed by atoms with Crippen molar-refractivity contribution in [2.75, 3.05) is 18.0 Å². The number of nitrogens with two attached hydrogens (primary N) is 1. The Morgan fingerprint density at radius 1 is 1.10 bits per heavy atom. The van der Waals surface area contributed by atoms with Gasteiger partial charge in [0.25, 0.3) is 0 Å². The molecule has 0 atom stereocenters. The van der Waals surface area contributed by atoms with Crippen LogP contribution < -0.4 is 5.73 Å². The van der Waals surface area contributed by atoms with Gasteiger partial charge in [-0.05, 0) is 41.8 Å². The largest absolute Gasteiger partial charge is 0.399 e. The van der Waals surface area contributed by atoms with Crippen LogP contribution >= 0.6 is 11.8 Å². The molecular weight excluding hydrogens is 280 g/mol. The van der Waals surface area contributed by atoms with Gasteiger partial charge in [-0.15, -0.1) is 11.8 Å². The second-order valence-electron chi connectivity index (χ2n) is 5.19. The summed E-state index contributed by atoms with van der Waals surface area (Å²) >= 11 is 1.57. The third-order valence-electron chi connectivity index (χ3n) is 3.73. The fourth-order valence-corrected chi connectivity index (χ4v) is 3.31.